The summed E-state index contributed by atoms with van der Waals surface area (Å²) in [6, 6.07) is 68.3. The van der Waals surface area contributed by atoms with E-state index in [1.807, 2.05) is 24.3 Å². The van der Waals surface area contributed by atoms with Gasteiger partial charge in [0.1, 0.15) is 5.58 Å². The van der Waals surface area contributed by atoms with Crippen molar-refractivity contribution in [3.05, 3.63) is 210 Å². The van der Waals surface area contributed by atoms with E-state index >= 15 is 0 Å². The first-order valence-corrected chi connectivity index (χ1v) is 20.3. The van der Waals surface area contributed by atoms with Crippen molar-refractivity contribution in [3.8, 4) is 39.5 Å². The molecule has 0 aliphatic heterocycles. The van der Waals surface area contributed by atoms with Crippen LogP contribution in [0.25, 0.3) is 105 Å². The van der Waals surface area contributed by atoms with E-state index in [-0.39, 0.29) is 0 Å². The SMILES string of the molecule is c1ccc(-c2nc(-n3c4ccccc4c4c5c(ccc43)c3c(c4ccccc45)-c4ccccc4C34c3ccccc3-c3ccccc34)nc3oc4ccccc4c23)cc1. The molecule has 59 heavy (non-hydrogen) atoms. The lowest BCUT2D eigenvalue weighted by molar-refractivity contribution is 0.651. The lowest BCUT2D eigenvalue weighted by Gasteiger charge is -2.32. The Morgan fingerprint density at radius 1 is 0.407 bits per heavy atom. The fourth-order valence-electron chi connectivity index (χ4n) is 11.1. The predicted molar refractivity (Wildman–Crippen MR) is 240 cm³/mol. The zero-order valence-corrected chi connectivity index (χ0v) is 31.6. The van der Waals surface area contributed by atoms with Crippen molar-refractivity contribution < 1.29 is 4.42 Å². The summed E-state index contributed by atoms with van der Waals surface area (Å²) in [5, 5.41) is 9.28. The molecule has 1 spiro atoms. The normalized spacial score (nSPS) is 13.6. The Morgan fingerprint density at radius 2 is 1.00 bits per heavy atom. The Bertz CT molecular complexity index is 3750. The van der Waals surface area contributed by atoms with E-state index in [9.17, 15) is 0 Å². The second-order valence-electron chi connectivity index (χ2n) is 15.9. The second kappa shape index (κ2) is 11.2. The molecule has 3 aromatic heterocycles. The molecule has 272 valence electrons. The first-order valence-electron chi connectivity index (χ1n) is 20.3. The number of benzene rings is 9. The van der Waals surface area contributed by atoms with E-state index in [1.54, 1.807) is 0 Å². The summed E-state index contributed by atoms with van der Waals surface area (Å²) >= 11 is 0. The molecular formula is C55H31N3O. The van der Waals surface area contributed by atoms with Gasteiger partial charge in [0.2, 0.25) is 11.7 Å². The van der Waals surface area contributed by atoms with Gasteiger partial charge in [0.25, 0.3) is 0 Å². The fraction of sp³-hybridized carbons (Fsp3) is 0.0182. The third kappa shape index (κ3) is 3.80. The number of rotatable bonds is 2. The summed E-state index contributed by atoms with van der Waals surface area (Å²) in [4.78, 5) is 10.7. The molecule has 0 amide bonds. The maximum Gasteiger partial charge on any atom is 0.238 e. The fourth-order valence-corrected chi connectivity index (χ4v) is 11.1. The van der Waals surface area contributed by atoms with Gasteiger partial charge in [-0.15, -0.1) is 0 Å². The molecule has 2 aliphatic carbocycles. The summed E-state index contributed by atoms with van der Waals surface area (Å²) in [6.45, 7) is 0. The minimum Gasteiger partial charge on any atom is -0.437 e. The summed E-state index contributed by atoms with van der Waals surface area (Å²) in [7, 11) is 0. The van der Waals surface area contributed by atoms with Gasteiger partial charge in [-0.25, -0.2) is 4.98 Å². The van der Waals surface area contributed by atoms with Crippen molar-refractivity contribution in [2.24, 2.45) is 0 Å². The van der Waals surface area contributed by atoms with Gasteiger partial charge in [-0.3, -0.25) is 4.57 Å². The number of aromatic nitrogens is 3. The smallest absolute Gasteiger partial charge is 0.238 e. The highest BCUT2D eigenvalue weighted by Crippen LogP contribution is 2.65. The van der Waals surface area contributed by atoms with Gasteiger partial charge >= 0.3 is 0 Å². The highest BCUT2D eigenvalue weighted by atomic mass is 16.3. The minimum absolute atomic E-state index is 0.493. The highest BCUT2D eigenvalue weighted by Gasteiger charge is 2.53. The minimum atomic E-state index is -0.493. The Labute approximate surface area is 338 Å². The zero-order valence-electron chi connectivity index (χ0n) is 31.6. The van der Waals surface area contributed by atoms with Crippen molar-refractivity contribution >= 4 is 65.4 Å². The standard InChI is InChI=1S/C55H31N3O/c1-2-16-32(17-3-1)52-50-39-24-10-15-29-46(39)59-53(50)57-54(56-52)58-44-28-14-9-23-38(44)49-45(58)31-30-40-47(49)35-20-4-5-21-36(35)48-37-22-8-13-27-43(37)55(51(40)48)41-25-11-6-18-33(41)34-19-7-12-26-42(34)55/h1-31H. The van der Waals surface area contributed by atoms with Gasteiger partial charge in [-0.2, -0.15) is 4.98 Å². The Hall–Kier alpha value is -7.82. The number of fused-ring (bicyclic) bond motifs is 22. The number of hydrogen-bond donors (Lipinski definition) is 0. The van der Waals surface area contributed by atoms with Crippen LogP contribution in [0, 0.1) is 0 Å². The van der Waals surface area contributed by atoms with Crippen LogP contribution in [0.5, 0.6) is 0 Å². The predicted octanol–water partition coefficient (Wildman–Crippen LogP) is 13.8. The van der Waals surface area contributed by atoms with Crippen LogP contribution in [0.1, 0.15) is 22.3 Å². The third-order valence-corrected chi connectivity index (χ3v) is 13.2. The van der Waals surface area contributed by atoms with Gasteiger partial charge in [0.05, 0.1) is 27.5 Å². The molecule has 4 heteroatoms. The summed E-state index contributed by atoms with van der Waals surface area (Å²) in [6.07, 6.45) is 0. The summed E-state index contributed by atoms with van der Waals surface area (Å²) in [5.41, 5.74) is 15.4. The maximum absolute atomic E-state index is 6.53. The van der Waals surface area contributed by atoms with E-state index in [0.29, 0.717) is 11.7 Å². The van der Waals surface area contributed by atoms with Gasteiger partial charge in [-0.1, -0.05) is 170 Å². The molecule has 2 aliphatic rings. The van der Waals surface area contributed by atoms with Crippen LogP contribution < -0.4 is 0 Å². The van der Waals surface area contributed by atoms with Gasteiger partial charge in [0.15, 0.2) is 0 Å². The molecular weight excluding hydrogens is 719 g/mol. The van der Waals surface area contributed by atoms with Crippen molar-refractivity contribution in [1.29, 1.82) is 0 Å². The van der Waals surface area contributed by atoms with Gasteiger partial charge in [0, 0.05) is 21.7 Å². The summed E-state index contributed by atoms with van der Waals surface area (Å²) < 4.78 is 8.78. The molecule has 0 saturated carbocycles. The molecule has 9 aromatic carbocycles. The number of furan rings is 1. The Morgan fingerprint density at radius 3 is 1.76 bits per heavy atom. The summed E-state index contributed by atoms with van der Waals surface area (Å²) in [5.74, 6) is 0.578. The van der Waals surface area contributed by atoms with Crippen LogP contribution in [0.2, 0.25) is 0 Å². The largest absolute Gasteiger partial charge is 0.437 e. The number of hydrogen-bond acceptors (Lipinski definition) is 3. The topological polar surface area (TPSA) is 43.9 Å². The van der Waals surface area contributed by atoms with Crippen LogP contribution >= 0.6 is 0 Å². The second-order valence-corrected chi connectivity index (χ2v) is 15.9. The van der Waals surface area contributed by atoms with E-state index in [2.05, 4.69) is 168 Å². The van der Waals surface area contributed by atoms with Crippen molar-refractivity contribution in [2.45, 2.75) is 5.41 Å². The average molecular weight is 750 g/mol. The monoisotopic (exact) mass is 749 g/mol. The molecule has 14 rings (SSSR count). The molecule has 3 heterocycles. The van der Waals surface area contributed by atoms with E-state index < -0.39 is 5.41 Å². The van der Waals surface area contributed by atoms with Crippen LogP contribution in [0.4, 0.5) is 0 Å². The number of nitrogens with zero attached hydrogens (tertiary/aromatic N) is 3. The molecule has 0 radical (unpaired) electrons. The first kappa shape index (κ1) is 31.3. The molecule has 0 bridgehead atoms. The quantitative estimate of drug-likeness (QED) is 0.165. The molecule has 0 saturated heterocycles. The molecule has 12 aromatic rings. The lowest BCUT2D eigenvalue weighted by Crippen LogP contribution is -2.26. The Balaban J connectivity index is 1.17. The molecule has 0 unspecified atom stereocenters. The Kier molecular flexibility index (Phi) is 5.93. The van der Waals surface area contributed by atoms with Crippen LogP contribution in [0.15, 0.2) is 192 Å². The lowest BCUT2D eigenvalue weighted by atomic mass is 9.69. The van der Waals surface area contributed by atoms with E-state index in [1.165, 1.54) is 71.4 Å². The van der Waals surface area contributed by atoms with Crippen molar-refractivity contribution in [1.82, 2.24) is 14.5 Å². The van der Waals surface area contributed by atoms with Crippen LogP contribution in [0.3, 0.4) is 0 Å². The van der Waals surface area contributed by atoms with Crippen LogP contribution in [-0.4, -0.2) is 14.5 Å². The average Bonchev–Trinajstić information content (AvgIpc) is 4.03. The van der Waals surface area contributed by atoms with E-state index in [4.69, 9.17) is 14.4 Å². The maximum atomic E-state index is 6.53. The molecule has 0 N–H and O–H groups in total. The first-order chi connectivity index (χ1) is 29.3. The number of para-hydroxylation sites is 2. The van der Waals surface area contributed by atoms with Crippen molar-refractivity contribution in [3.63, 3.8) is 0 Å². The van der Waals surface area contributed by atoms with Gasteiger partial charge in [-0.05, 0) is 84.3 Å². The van der Waals surface area contributed by atoms with Gasteiger partial charge < -0.3 is 4.42 Å². The third-order valence-electron chi connectivity index (χ3n) is 13.2. The highest BCUT2D eigenvalue weighted by molar-refractivity contribution is 6.32. The van der Waals surface area contributed by atoms with Crippen LogP contribution in [-0.2, 0) is 5.41 Å². The van der Waals surface area contributed by atoms with E-state index in [0.717, 1.165) is 44.0 Å². The zero-order chi connectivity index (χ0) is 38.4. The molecule has 0 atom stereocenters. The van der Waals surface area contributed by atoms with Crippen molar-refractivity contribution in [2.75, 3.05) is 0 Å². The molecule has 4 nitrogen and oxygen atoms in total. The molecule has 0 fully saturated rings.